The van der Waals surface area contributed by atoms with Crippen molar-refractivity contribution in [3.63, 3.8) is 0 Å². The van der Waals surface area contributed by atoms with Crippen LogP contribution in [0.2, 0.25) is 0 Å². The lowest BCUT2D eigenvalue weighted by atomic mass is 10.2. The van der Waals surface area contributed by atoms with Crippen molar-refractivity contribution in [3.05, 3.63) is 60.6 Å². The first-order valence-electron chi connectivity index (χ1n) is 9.28. The van der Waals surface area contributed by atoms with E-state index in [1.54, 1.807) is 11.8 Å². The molecule has 0 radical (unpaired) electrons. The SMILES string of the molecule is CC(C)COc1ccc(-c2nnc(SCc3cn4ccccc4n3)n2C)cc1. The second-order valence-corrected chi connectivity index (χ2v) is 8.02. The predicted octanol–water partition coefficient (Wildman–Crippen LogP) is 4.46. The van der Waals surface area contributed by atoms with Crippen LogP contribution in [0.15, 0.2) is 60.0 Å². The van der Waals surface area contributed by atoms with Crippen LogP contribution in [0, 0.1) is 5.92 Å². The van der Waals surface area contributed by atoms with Crippen LogP contribution in [0.5, 0.6) is 5.75 Å². The van der Waals surface area contributed by atoms with E-state index in [-0.39, 0.29) is 0 Å². The van der Waals surface area contributed by atoms with Crippen molar-refractivity contribution in [2.75, 3.05) is 6.61 Å². The number of thioether (sulfide) groups is 1. The van der Waals surface area contributed by atoms with Crippen molar-refractivity contribution in [1.82, 2.24) is 24.1 Å². The summed E-state index contributed by atoms with van der Waals surface area (Å²) >= 11 is 1.63. The number of ether oxygens (including phenoxy) is 1. The number of hydrogen-bond donors (Lipinski definition) is 0. The van der Waals surface area contributed by atoms with Gasteiger partial charge in [-0.15, -0.1) is 10.2 Å². The van der Waals surface area contributed by atoms with Crippen molar-refractivity contribution in [2.24, 2.45) is 13.0 Å². The summed E-state index contributed by atoms with van der Waals surface area (Å²) in [7, 11) is 1.99. The fourth-order valence-electron chi connectivity index (χ4n) is 2.85. The smallest absolute Gasteiger partial charge is 0.191 e. The molecule has 1 aromatic carbocycles. The van der Waals surface area contributed by atoms with Gasteiger partial charge >= 0.3 is 0 Å². The van der Waals surface area contributed by atoms with Gasteiger partial charge in [0.05, 0.1) is 12.3 Å². The third-order valence-corrected chi connectivity index (χ3v) is 5.35. The van der Waals surface area contributed by atoms with E-state index in [9.17, 15) is 0 Å². The van der Waals surface area contributed by atoms with Crippen LogP contribution in [0.1, 0.15) is 19.5 Å². The second kappa shape index (κ2) is 8.06. The van der Waals surface area contributed by atoms with E-state index in [1.807, 2.05) is 64.7 Å². The van der Waals surface area contributed by atoms with Crippen molar-refractivity contribution in [3.8, 4) is 17.1 Å². The first-order chi connectivity index (χ1) is 13.6. The van der Waals surface area contributed by atoms with Crippen molar-refractivity contribution in [2.45, 2.75) is 24.8 Å². The first kappa shape index (κ1) is 18.6. The summed E-state index contributed by atoms with van der Waals surface area (Å²) in [6, 6.07) is 14.0. The number of rotatable bonds is 7. The summed E-state index contributed by atoms with van der Waals surface area (Å²) in [5.74, 6) is 2.97. The molecule has 0 saturated heterocycles. The third kappa shape index (κ3) is 4.04. The van der Waals surface area contributed by atoms with E-state index in [0.717, 1.165) is 39.4 Å². The van der Waals surface area contributed by atoms with E-state index in [2.05, 4.69) is 35.2 Å². The Hall–Kier alpha value is -2.80. The zero-order chi connectivity index (χ0) is 19.5. The van der Waals surface area contributed by atoms with Crippen molar-refractivity contribution in [1.29, 1.82) is 0 Å². The minimum absolute atomic E-state index is 0.505. The summed E-state index contributed by atoms with van der Waals surface area (Å²) in [5, 5.41) is 9.59. The average Bonchev–Trinajstić information content (AvgIpc) is 3.28. The first-order valence-corrected chi connectivity index (χ1v) is 10.3. The summed E-state index contributed by atoms with van der Waals surface area (Å²) in [4.78, 5) is 4.63. The standard InChI is InChI=1S/C21H23N5OS/c1-15(2)13-27-18-9-7-16(8-10-18)20-23-24-21(25(20)3)28-14-17-12-26-11-5-4-6-19(26)22-17/h4-12,15H,13-14H2,1-3H3. The van der Waals surface area contributed by atoms with E-state index in [1.165, 1.54) is 0 Å². The number of benzene rings is 1. The maximum absolute atomic E-state index is 5.75. The molecule has 3 heterocycles. The molecule has 4 rings (SSSR count). The van der Waals surface area contributed by atoms with Crippen LogP contribution in [0.4, 0.5) is 0 Å². The van der Waals surface area contributed by atoms with Gasteiger partial charge in [-0.25, -0.2) is 4.98 Å². The fourth-order valence-corrected chi connectivity index (χ4v) is 3.65. The number of nitrogens with zero attached hydrogens (tertiary/aromatic N) is 5. The maximum atomic E-state index is 5.75. The monoisotopic (exact) mass is 393 g/mol. The Morgan fingerprint density at radius 1 is 1.07 bits per heavy atom. The highest BCUT2D eigenvalue weighted by Crippen LogP contribution is 2.26. The van der Waals surface area contributed by atoms with Gasteiger partial charge < -0.3 is 13.7 Å². The molecule has 0 aliphatic carbocycles. The van der Waals surface area contributed by atoms with E-state index in [4.69, 9.17) is 4.74 Å². The van der Waals surface area contributed by atoms with Crippen molar-refractivity contribution >= 4 is 17.4 Å². The molecule has 7 heteroatoms. The molecule has 0 atom stereocenters. The second-order valence-electron chi connectivity index (χ2n) is 7.08. The highest BCUT2D eigenvalue weighted by atomic mass is 32.2. The lowest BCUT2D eigenvalue weighted by Crippen LogP contribution is -2.04. The molecule has 0 spiro atoms. The highest BCUT2D eigenvalue weighted by Gasteiger charge is 2.12. The van der Waals surface area contributed by atoms with Crippen LogP contribution >= 0.6 is 11.8 Å². The number of fused-ring (bicyclic) bond motifs is 1. The van der Waals surface area contributed by atoms with Gasteiger partial charge in [0.2, 0.25) is 0 Å². The van der Waals surface area contributed by atoms with Crippen LogP contribution in [-0.2, 0) is 12.8 Å². The molecule has 0 bridgehead atoms. The van der Waals surface area contributed by atoms with Crippen molar-refractivity contribution < 1.29 is 4.74 Å². The van der Waals surface area contributed by atoms with Gasteiger partial charge in [0, 0.05) is 30.8 Å². The van der Waals surface area contributed by atoms with Gasteiger partial charge in [0.15, 0.2) is 11.0 Å². The molecular formula is C21H23N5OS. The van der Waals surface area contributed by atoms with Gasteiger partial charge in [-0.1, -0.05) is 31.7 Å². The van der Waals surface area contributed by atoms with E-state index in [0.29, 0.717) is 12.5 Å². The summed E-state index contributed by atoms with van der Waals surface area (Å²) in [5.41, 5.74) is 3.00. The predicted molar refractivity (Wildman–Crippen MR) is 112 cm³/mol. The Kier molecular flexibility index (Phi) is 5.34. The maximum Gasteiger partial charge on any atom is 0.191 e. The molecule has 3 aromatic heterocycles. The van der Waals surface area contributed by atoms with Gasteiger partial charge in [0.1, 0.15) is 11.4 Å². The Bertz CT molecular complexity index is 1040. The molecular weight excluding hydrogens is 370 g/mol. The van der Waals surface area contributed by atoms with E-state index >= 15 is 0 Å². The molecule has 4 aromatic rings. The molecule has 0 N–H and O–H groups in total. The minimum atomic E-state index is 0.505. The molecule has 28 heavy (non-hydrogen) atoms. The Balaban J connectivity index is 1.45. The minimum Gasteiger partial charge on any atom is -0.493 e. The zero-order valence-electron chi connectivity index (χ0n) is 16.2. The van der Waals surface area contributed by atoms with Crippen LogP contribution < -0.4 is 4.74 Å². The number of imidazole rings is 1. The Labute approximate surface area is 168 Å². The molecule has 0 aliphatic rings. The van der Waals surface area contributed by atoms with E-state index < -0.39 is 0 Å². The topological polar surface area (TPSA) is 57.2 Å². The largest absolute Gasteiger partial charge is 0.493 e. The van der Waals surface area contributed by atoms with Gasteiger partial charge in [-0.2, -0.15) is 0 Å². The lowest BCUT2D eigenvalue weighted by molar-refractivity contribution is 0.271. The molecule has 144 valence electrons. The number of hydrogen-bond acceptors (Lipinski definition) is 5. The zero-order valence-corrected chi connectivity index (χ0v) is 17.1. The quantitative estimate of drug-likeness (QED) is 0.434. The summed E-state index contributed by atoms with van der Waals surface area (Å²) < 4.78 is 9.80. The molecule has 0 unspecified atom stereocenters. The van der Waals surface area contributed by atoms with Gasteiger partial charge in [-0.05, 0) is 42.3 Å². The Morgan fingerprint density at radius 3 is 2.64 bits per heavy atom. The number of aromatic nitrogens is 5. The van der Waals surface area contributed by atoms with Gasteiger partial charge in [0.25, 0.3) is 0 Å². The fraction of sp³-hybridized carbons (Fsp3) is 0.286. The third-order valence-electron chi connectivity index (χ3n) is 4.29. The average molecular weight is 394 g/mol. The molecule has 0 aliphatic heterocycles. The normalized spacial score (nSPS) is 11.4. The van der Waals surface area contributed by atoms with Gasteiger partial charge in [-0.3, -0.25) is 0 Å². The summed E-state index contributed by atoms with van der Waals surface area (Å²) in [6.07, 6.45) is 4.06. The van der Waals surface area contributed by atoms with Crippen LogP contribution in [-0.4, -0.2) is 30.8 Å². The highest BCUT2D eigenvalue weighted by molar-refractivity contribution is 7.98. The molecule has 6 nitrogen and oxygen atoms in total. The summed E-state index contributed by atoms with van der Waals surface area (Å²) in [6.45, 7) is 4.99. The lowest BCUT2D eigenvalue weighted by Gasteiger charge is -2.09. The molecule has 0 fully saturated rings. The number of pyridine rings is 1. The Morgan fingerprint density at radius 2 is 1.89 bits per heavy atom. The molecule has 0 saturated carbocycles. The van der Waals surface area contributed by atoms with Crippen LogP contribution in [0.25, 0.3) is 17.0 Å². The molecule has 0 amide bonds. The van der Waals surface area contributed by atoms with Crippen LogP contribution in [0.3, 0.4) is 0 Å².